The summed E-state index contributed by atoms with van der Waals surface area (Å²) >= 11 is 5.35. The lowest BCUT2D eigenvalue weighted by Crippen LogP contribution is -2.42. The van der Waals surface area contributed by atoms with Crippen molar-refractivity contribution >= 4 is 23.0 Å². The molecule has 1 saturated heterocycles. The maximum atomic E-state index is 5.69. The Kier molecular flexibility index (Phi) is 8.03. The van der Waals surface area contributed by atoms with Crippen molar-refractivity contribution in [2.24, 2.45) is 0 Å². The molecule has 0 bridgehead atoms. The zero-order valence-corrected chi connectivity index (χ0v) is 16.3. The number of hydrogen-bond acceptors (Lipinski definition) is 5. The van der Waals surface area contributed by atoms with E-state index in [1.807, 2.05) is 29.1 Å². The molecule has 0 aliphatic carbocycles. The average molecular weight is 390 g/mol. The van der Waals surface area contributed by atoms with Crippen LogP contribution in [-0.2, 0) is 22.6 Å². The highest BCUT2D eigenvalue weighted by atomic mass is 32.1. The lowest BCUT2D eigenvalue weighted by molar-refractivity contribution is 0.0389. The highest BCUT2D eigenvalue weighted by molar-refractivity contribution is 7.80. The number of benzene rings is 1. The van der Waals surface area contributed by atoms with E-state index in [9.17, 15) is 0 Å². The molecule has 1 aliphatic heterocycles. The van der Waals surface area contributed by atoms with Crippen LogP contribution in [0.15, 0.2) is 42.7 Å². The third kappa shape index (κ3) is 7.26. The second kappa shape index (κ2) is 11.0. The van der Waals surface area contributed by atoms with Crippen LogP contribution in [0.3, 0.4) is 0 Å². The van der Waals surface area contributed by atoms with E-state index in [0.717, 1.165) is 45.1 Å². The summed E-state index contributed by atoms with van der Waals surface area (Å²) in [5.74, 6) is 0. The molecule has 7 nitrogen and oxygen atoms in total. The SMILES string of the molecule is S=C(NCCN1CCOCC1)Nc1cnn(CCOCc2ccccc2)c1. The van der Waals surface area contributed by atoms with Crippen molar-refractivity contribution in [3.63, 3.8) is 0 Å². The van der Waals surface area contributed by atoms with Crippen LogP contribution < -0.4 is 10.6 Å². The van der Waals surface area contributed by atoms with Crippen molar-refractivity contribution in [3.8, 4) is 0 Å². The van der Waals surface area contributed by atoms with Gasteiger partial charge in [-0.2, -0.15) is 5.10 Å². The summed E-state index contributed by atoms with van der Waals surface area (Å²) in [6.07, 6.45) is 3.70. The fourth-order valence-electron chi connectivity index (χ4n) is 2.80. The summed E-state index contributed by atoms with van der Waals surface area (Å²) in [7, 11) is 0. The number of hydrogen-bond donors (Lipinski definition) is 2. The Hall–Kier alpha value is -2.00. The minimum absolute atomic E-state index is 0.609. The van der Waals surface area contributed by atoms with Crippen LogP contribution in [0.2, 0.25) is 0 Å². The van der Waals surface area contributed by atoms with Crippen LogP contribution in [0.5, 0.6) is 0 Å². The van der Waals surface area contributed by atoms with Crippen LogP contribution in [0.25, 0.3) is 0 Å². The monoisotopic (exact) mass is 389 g/mol. The lowest BCUT2D eigenvalue weighted by atomic mass is 10.2. The molecule has 146 valence electrons. The highest BCUT2D eigenvalue weighted by Crippen LogP contribution is 2.05. The topological polar surface area (TPSA) is 63.6 Å². The number of nitrogens with one attached hydrogen (secondary N) is 2. The van der Waals surface area contributed by atoms with Gasteiger partial charge in [0.05, 0.1) is 44.9 Å². The lowest BCUT2D eigenvalue weighted by Gasteiger charge is -2.26. The summed E-state index contributed by atoms with van der Waals surface area (Å²) in [6, 6.07) is 10.2. The second-order valence-electron chi connectivity index (χ2n) is 6.37. The van der Waals surface area contributed by atoms with E-state index >= 15 is 0 Å². The zero-order chi connectivity index (χ0) is 18.7. The van der Waals surface area contributed by atoms with E-state index in [0.29, 0.717) is 24.9 Å². The first kappa shape index (κ1) is 19.8. The summed E-state index contributed by atoms with van der Waals surface area (Å²) in [5, 5.41) is 11.3. The maximum absolute atomic E-state index is 5.69. The molecule has 0 saturated carbocycles. The molecule has 27 heavy (non-hydrogen) atoms. The van der Waals surface area contributed by atoms with Crippen LogP contribution in [0, 0.1) is 0 Å². The molecule has 3 rings (SSSR count). The summed E-state index contributed by atoms with van der Waals surface area (Å²) in [5.41, 5.74) is 2.05. The zero-order valence-electron chi connectivity index (χ0n) is 15.5. The van der Waals surface area contributed by atoms with E-state index in [4.69, 9.17) is 21.7 Å². The van der Waals surface area contributed by atoms with Gasteiger partial charge in [-0.15, -0.1) is 0 Å². The Bertz CT molecular complexity index is 688. The normalized spacial score (nSPS) is 14.8. The molecule has 2 N–H and O–H groups in total. The number of nitrogens with zero attached hydrogens (tertiary/aromatic N) is 3. The van der Waals surface area contributed by atoms with Crippen molar-refractivity contribution < 1.29 is 9.47 Å². The predicted molar refractivity (Wildman–Crippen MR) is 110 cm³/mol. The van der Waals surface area contributed by atoms with Gasteiger partial charge in [-0.25, -0.2) is 0 Å². The van der Waals surface area contributed by atoms with Gasteiger partial charge in [0, 0.05) is 32.4 Å². The number of thiocarbonyl (C=S) groups is 1. The molecule has 8 heteroatoms. The number of rotatable bonds is 9. The Morgan fingerprint density at radius 2 is 2.00 bits per heavy atom. The van der Waals surface area contributed by atoms with Crippen LogP contribution >= 0.6 is 12.2 Å². The number of ether oxygens (including phenoxy) is 2. The molecule has 0 atom stereocenters. The molecule has 1 aromatic heterocycles. The Morgan fingerprint density at radius 3 is 2.81 bits per heavy atom. The standard InChI is InChI=1S/C19H27N5O2S/c27-19(20-6-7-23-8-11-25-12-9-23)22-18-14-21-24(15-18)10-13-26-16-17-4-2-1-3-5-17/h1-5,14-15H,6-13,16H2,(H2,20,22,27). The Labute approximate surface area is 165 Å². The summed E-state index contributed by atoms with van der Waals surface area (Å²) in [6.45, 7) is 7.31. The van der Waals surface area contributed by atoms with E-state index in [-0.39, 0.29) is 0 Å². The first-order valence-electron chi connectivity index (χ1n) is 9.29. The fraction of sp³-hybridized carbons (Fsp3) is 0.474. The first-order valence-corrected chi connectivity index (χ1v) is 9.69. The third-order valence-corrected chi connectivity index (χ3v) is 4.53. The Morgan fingerprint density at radius 1 is 1.19 bits per heavy atom. The molecule has 0 radical (unpaired) electrons. The molecular weight excluding hydrogens is 362 g/mol. The largest absolute Gasteiger partial charge is 0.379 e. The third-order valence-electron chi connectivity index (χ3n) is 4.28. The van der Waals surface area contributed by atoms with Gasteiger partial charge in [-0.3, -0.25) is 9.58 Å². The van der Waals surface area contributed by atoms with Gasteiger partial charge < -0.3 is 20.1 Å². The fourth-order valence-corrected chi connectivity index (χ4v) is 3.02. The molecule has 1 fully saturated rings. The predicted octanol–water partition coefficient (Wildman–Crippen LogP) is 1.72. The molecule has 1 aliphatic rings. The van der Waals surface area contributed by atoms with Gasteiger partial charge in [-0.1, -0.05) is 30.3 Å². The van der Waals surface area contributed by atoms with Crippen molar-refractivity contribution in [3.05, 3.63) is 48.3 Å². The highest BCUT2D eigenvalue weighted by Gasteiger charge is 2.09. The van der Waals surface area contributed by atoms with Gasteiger partial charge in [-0.05, 0) is 17.8 Å². The van der Waals surface area contributed by atoms with Crippen molar-refractivity contribution in [2.45, 2.75) is 13.2 Å². The second-order valence-corrected chi connectivity index (χ2v) is 6.77. The van der Waals surface area contributed by atoms with Crippen LogP contribution in [0.4, 0.5) is 5.69 Å². The maximum Gasteiger partial charge on any atom is 0.170 e. The Balaban J connectivity index is 1.29. The molecule has 2 aromatic rings. The van der Waals surface area contributed by atoms with E-state index in [1.165, 1.54) is 5.56 Å². The van der Waals surface area contributed by atoms with Crippen LogP contribution in [0.1, 0.15) is 5.56 Å². The average Bonchev–Trinajstić information content (AvgIpc) is 3.14. The van der Waals surface area contributed by atoms with Crippen molar-refractivity contribution in [2.75, 3.05) is 51.3 Å². The molecule has 0 unspecified atom stereocenters. The van der Waals surface area contributed by atoms with Gasteiger partial charge in [0.2, 0.25) is 0 Å². The van der Waals surface area contributed by atoms with Gasteiger partial charge >= 0.3 is 0 Å². The number of morpholine rings is 1. The number of aromatic nitrogens is 2. The van der Waals surface area contributed by atoms with Gasteiger partial charge in [0.15, 0.2) is 5.11 Å². The van der Waals surface area contributed by atoms with Gasteiger partial charge in [0.25, 0.3) is 0 Å². The minimum Gasteiger partial charge on any atom is -0.379 e. The van der Waals surface area contributed by atoms with Crippen LogP contribution in [-0.4, -0.2) is 65.8 Å². The number of anilines is 1. The van der Waals surface area contributed by atoms with Gasteiger partial charge in [0.1, 0.15) is 0 Å². The first-order chi connectivity index (χ1) is 13.3. The molecular formula is C19H27N5O2S. The minimum atomic E-state index is 0.609. The summed E-state index contributed by atoms with van der Waals surface area (Å²) in [4.78, 5) is 2.37. The van der Waals surface area contributed by atoms with E-state index < -0.39 is 0 Å². The van der Waals surface area contributed by atoms with E-state index in [1.54, 1.807) is 6.20 Å². The molecule has 1 aromatic carbocycles. The smallest absolute Gasteiger partial charge is 0.170 e. The quantitative estimate of drug-likeness (QED) is 0.500. The molecule has 0 spiro atoms. The molecule has 0 amide bonds. The van der Waals surface area contributed by atoms with Crippen molar-refractivity contribution in [1.82, 2.24) is 20.0 Å². The molecule has 2 heterocycles. The van der Waals surface area contributed by atoms with Crippen molar-refractivity contribution in [1.29, 1.82) is 0 Å². The summed E-state index contributed by atoms with van der Waals surface area (Å²) < 4.78 is 12.9. The van der Waals surface area contributed by atoms with E-state index in [2.05, 4.69) is 32.8 Å².